The lowest BCUT2D eigenvalue weighted by Gasteiger charge is -2.10. The van der Waals surface area contributed by atoms with Gasteiger partial charge in [0, 0.05) is 5.57 Å². The molecule has 0 bridgehead atoms. The van der Waals surface area contributed by atoms with E-state index >= 15 is 0 Å². The molecule has 0 spiro atoms. The van der Waals surface area contributed by atoms with Gasteiger partial charge in [0.05, 0.1) is 0 Å². The van der Waals surface area contributed by atoms with Crippen molar-refractivity contribution < 1.29 is 4.74 Å². The number of hydrogen-bond acceptors (Lipinski definition) is 1. The van der Waals surface area contributed by atoms with Crippen LogP contribution in [0.25, 0.3) is 16.7 Å². The summed E-state index contributed by atoms with van der Waals surface area (Å²) >= 11 is 3.66. The molecule has 23 heavy (non-hydrogen) atoms. The maximum absolute atomic E-state index is 6.06. The molecule has 0 aliphatic heterocycles. The number of benzene rings is 3. The number of halogens is 1. The molecule has 0 heterocycles. The normalized spacial score (nSPS) is 11.8. The van der Waals surface area contributed by atoms with Crippen molar-refractivity contribution in [3.8, 4) is 16.9 Å². The van der Waals surface area contributed by atoms with E-state index in [9.17, 15) is 0 Å². The van der Waals surface area contributed by atoms with Gasteiger partial charge in [0.2, 0.25) is 0 Å². The zero-order valence-electron chi connectivity index (χ0n) is 12.7. The summed E-state index contributed by atoms with van der Waals surface area (Å²) in [5.41, 5.74) is 7.24. The van der Waals surface area contributed by atoms with E-state index in [1.54, 1.807) is 0 Å². The van der Waals surface area contributed by atoms with Crippen LogP contribution in [0.15, 0.2) is 77.5 Å². The molecule has 1 aliphatic rings. The second-order valence-electron chi connectivity index (χ2n) is 5.65. The van der Waals surface area contributed by atoms with Gasteiger partial charge in [0.25, 0.3) is 0 Å². The monoisotopic (exact) mass is 362 g/mol. The van der Waals surface area contributed by atoms with Crippen molar-refractivity contribution in [3.63, 3.8) is 0 Å². The Kier molecular flexibility index (Phi) is 3.55. The highest BCUT2D eigenvalue weighted by Crippen LogP contribution is 2.46. The predicted molar refractivity (Wildman–Crippen MR) is 98.6 cm³/mol. The quantitative estimate of drug-likeness (QED) is 0.387. The number of rotatable bonds is 2. The smallest absolute Gasteiger partial charge is 0.178 e. The molecule has 1 nitrogen and oxygen atoms in total. The van der Waals surface area contributed by atoms with Crippen LogP contribution in [0.4, 0.5) is 0 Å². The third kappa shape index (κ3) is 2.49. The zero-order valence-corrected chi connectivity index (χ0v) is 14.3. The Hall–Kier alpha value is -2.32. The van der Waals surface area contributed by atoms with Crippen LogP contribution >= 0.6 is 15.9 Å². The third-order valence-corrected chi connectivity index (χ3v) is 4.67. The zero-order chi connectivity index (χ0) is 15.8. The van der Waals surface area contributed by atoms with Crippen molar-refractivity contribution in [1.82, 2.24) is 0 Å². The predicted octanol–water partition coefficient (Wildman–Crippen LogP) is 6.17. The summed E-state index contributed by atoms with van der Waals surface area (Å²) in [5, 5.41) is 0. The lowest BCUT2D eigenvalue weighted by molar-refractivity contribution is 0.472. The molecule has 0 fully saturated rings. The molecule has 0 aromatic heterocycles. The Morgan fingerprint density at radius 1 is 0.696 bits per heavy atom. The van der Waals surface area contributed by atoms with Gasteiger partial charge in [-0.1, -0.05) is 66.2 Å². The van der Waals surface area contributed by atoms with Crippen LogP contribution in [0.5, 0.6) is 5.75 Å². The van der Waals surface area contributed by atoms with E-state index in [2.05, 4.69) is 83.5 Å². The minimum absolute atomic E-state index is 0.749. The van der Waals surface area contributed by atoms with E-state index in [1.165, 1.54) is 27.8 Å². The van der Waals surface area contributed by atoms with Crippen molar-refractivity contribution >= 4 is 21.5 Å². The molecule has 0 unspecified atom stereocenters. The summed E-state index contributed by atoms with van der Waals surface area (Å²) < 4.78 is 6.81. The largest absolute Gasteiger partial charge is 0.449 e. The lowest BCUT2D eigenvalue weighted by Crippen LogP contribution is -1.94. The summed E-state index contributed by atoms with van der Waals surface area (Å²) in [4.78, 5) is 0. The van der Waals surface area contributed by atoms with Crippen LogP contribution < -0.4 is 4.74 Å². The van der Waals surface area contributed by atoms with Gasteiger partial charge in [-0.05, 0) is 57.2 Å². The molecule has 0 saturated heterocycles. The SMILES string of the molecule is Cc1ccc(OC(Br)=C2c3ccccc3-c3ccccc32)cc1. The number of aryl methyl sites for hydroxylation is 1. The Balaban J connectivity index is 1.85. The first-order valence-corrected chi connectivity index (χ1v) is 8.37. The number of fused-ring (bicyclic) bond motifs is 3. The highest BCUT2D eigenvalue weighted by Gasteiger charge is 2.25. The van der Waals surface area contributed by atoms with Crippen molar-refractivity contribution in [1.29, 1.82) is 0 Å². The fraction of sp³-hybridized carbons (Fsp3) is 0.0476. The molecule has 3 aromatic rings. The molecular formula is C21H15BrO. The topological polar surface area (TPSA) is 9.23 Å². The Morgan fingerprint density at radius 2 is 1.17 bits per heavy atom. The summed E-state index contributed by atoms with van der Waals surface area (Å²) in [7, 11) is 0. The van der Waals surface area contributed by atoms with Gasteiger partial charge in [0.15, 0.2) is 4.67 Å². The molecule has 0 N–H and O–H groups in total. The van der Waals surface area contributed by atoms with E-state index in [4.69, 9.17) is 4.74 Å². The van der Waals surface area contributed by atoms with E-state index in [0.717, 1.165) is 16.0 Å². The summed E-state index contributed by atoms with van der Waals surface area (Å²) in [5.74, 6) is 0.830. The molecule has 2 heteroatoms. The molecule has 0 radical (unpaired) electrons. The Bertz CT molecular complexity index is 860. The summed E-state index contributed by atoms with van der Waals surface area (Å²) in [6.45, 7) is 2.07. The number of ether oxygens (including phenoxy) is 1. The Morgan fingerprint density at radius 3 is 1.70 bits per heavy atom. The maximum Gasteiger partial charge on any atom is 0.178 e. The first kappa shape index (κ1) is 14.3. The maximum atomic E-state index is 6.06. The fourth-order valence-corrected chi connectivity index (χ4v) is 3.60. The number of hydrogen-bond donors (Lipinski definition) is 0. The minimum atomic E-state index is 0.749. The minimum Gasteiger partial charge on any atom is -0.449 e. The van der Waals surface area contributed by atoms with Crippen LogP contribution in [0.3, 0.4) is 0 Å². The highest BCUT2D eigenvalue weighted by molar-refractivity contribution is 9.11. The van der Waals surface area contributed by atoms with Gasteiger partial charge in [-0.2, -0.15) is 0 Å². The van der Waals surface area contributed by atoms with Crippen molar-refractivity contribution in [3.05, 3.63) is 94.2 Å². The van der Waals surface area contributed by atoms with E-state index in [1.807, 2.05) is 12.1 Å². The van der Waals surface area contributed by atoms with Gasteiger partial charge in [0.1, 0.15) is 5.75 Å². The molecule has 3 aromatic carbocycles. The van der Waals surface area contributed by atoms with Crippen LogP contribution in [-0.4, -0.2) is 0 Å². The van der Waals surface area contributed by atoms with Crippen molar-refractivity contribution in [2.75, 3.05) is 0 Å². The van der Waals surface area contributed by atoms with Gasteiger partial charge in [-0.15, -0.1) is 0 Å². The molecule has 0 amide bonds. The average Bonchev–Trinajstić information content (AvgIpc) is 2.91. The first-order valence-electron chi connectivity index (χ1n) is 7.57. The molecule has 4 rings (SSSR count). The standard InChI is InChI=1S/C21H15BrO/c1-14-10-12-15(13-11-14)23-21(22)20-18-8-4-2-6-16(18)17-7-3-5-9-19(17)20/h2-13H,1H3. The van der Waals surface area contributed by atoms with Crippen LogP contribution in [0.2, 0.25) is 0 Å². The van der Waals surface area contributed by atoms with Gasteiger partial charge in [-0.3, -0.25) is 0 Å². The first-order chi connectivity index (χ1) is 11.2. The van der Waals surface area contributed by atoms with Crippen LogP contribution in [-0.2, 0) is 0 Å². The third-order valence-electron chi connectivity index (χ3n) is 4.11. The molecule has 1 aliphatic carbocycles. The van der Waals surface area contributed by atoms with Gasteiger partial charge in [-0.25, -0.2) is 0 Å². The Labute approximate surface area is 144 Å². The average molecular weight is 363 g/mol. The second kappa shape index (κ2) is 5.71. The van der Waals surface area contributed by atoms with Gasteiger partial charge < -0.3 is 4.74 Å². The van der Waals surface area contributed by atoms with Gasteiger partial charge >= 0.3 is 0 Å². The molecule has 0 atom stereocenters. The molecule has 112 valence electrons. The van der Waals surface area contributed by atoms with E-state index in [0.29, 0.717) is 0 Å². The summed E-state index contributed by atoms with van der Waals surface area (Å²) in [6, 6.07) is 25.0. The summed E-state index contributed by atoms with van der Waals surface area (Å²) in [6.07, 6.45) is 0. The highest BCUT2D eigenvalue weighted by atomic mass is 79.9. The lowest BCUT2D eigenvalue weighted by atomic mass is 10.1. The molecular weight excluding hydrogens is 348 g/mol. The van der Waals surface area contributed by atoms with Crippen molar-refractivity contribution in [2.45, 2.75) is 6.92 Å². The van der Waals surface area contributed by atoms with Crippen LogP contribution in [0.1, 0.15) is 16.7 Å². The van der Waals surface area contributed by atoms with Crippen LogP contribution in [0, 0.1) is 6.92 Å². The van der Waals surface area contributed by atoms with Crippen molar-refractivity contribution in [2.24, 2.45) is 0 Å². The fourth-order valence-electron chi connectivity index (χ4n) is 2.99. The van der Waals surface area contributed by atoms with E-state index < -0.39 is 0 Å². The molecule has 0 saturated carbocycles. The van der Waals surface area contributed by atoms with E-state index in [-0.39, 0.29) is 0 Å². The second-order valence-corrected chi connectivity index (χ2v) is 6.38.